The molecule has 7 atom stereocenters. The number of fused-ring (bicyclic) bond motifs is 4. The summed E-state index contributed by atoms with van der Waals surface area (Å²) in [4.78, 5) is 62.8. The van der Waals surface area contributed by atoms with Gasteiger partial charge in [-0.05, 0) is 30.0 Å². The van der Waals surface area contributed by atoms with Crippen molar-refractivity contribution in [2.24, 2.45) is 5.41 Å². The van der Waals surface area contributed by atoms with E-state index in [9.17, 15) is 24.3 Å². The average molecular weight is 585 g/mol. The summed E-state index contributed by atoms with van der Waals surface area (Å²) in [5.41, 5.74) is 0.246. The van der Waals surface area contributed by atoms with Crippen molar-refractivity contribution in [1.29, 1.82) is 0 Å². The molecule has 0 unspecified atom stereocenters. The molecule has 1 aliphatic carbocycles. The molecule has 4 heterocycles. The fourth-order valence-electron chi connectivity index (χ4n) is 6.95. The van der Waals surface area contributed by atoms with E-state index in [0.717, 1.165) is 11.1 Å². The number of benzene rings is 1. The SMILES string of the molecule is CN(C)C(=O)C=Cc1cccc(CN2O[C@@H]3[C@H]4OCO[C@H]4[C@H]4C[C@]3(C(=O)N3CCC[C@@H]3C(=O)NCCO)[C@@H]2C(=O)O4)c1. The lowest BCUT2D eigenvalue weighted by Crippen LogP contribution is -2.70. The molecule has 5 fully saturated rings. The van der Waals surface area contributed by atoms with Crippen LogP contribution in [-0.4, -0.2) is 121 Å². The van der Waals surface area contributed by atoms with Crippen molar-refractivity contribution < 1.29 is 43.3 Å². The lowest BCUT2D eigenvalue weighted by atomic mass is 9.62. The third-order valence-electron chi connectivity index (χ3n) is 8.85. The Morgan fingerprint density at radius 1 is 1.21 bits per heavy atom. The van der Waals surface area contributed by atoms with Gasteiger partial charge in [0.2, 0.25) is 17.7 Å². The van der Waals surface area contributed by atoms with Gasteiger partial charge in [0, 0.05) is 39.7 Å². The maximum atomic E-state index is 14.6. The molecule has 1 aromatic rings. The first-order valence-electron chi connectivity index (χ1n) is 14.3. The van der Waals surface area contributed by atoms with Crippen LogP contribution in [0.25, 0.3) is 6.08 Å². The number of likely N-dealkylation sites (N-methyl/N-ethyl adjacent to an activating group) is 1. The number of carbonyl (C=O) groups is 4. The summed E-state index contributed by atoms with van der Waals surface area (Å²) in [6.45, 7) is 0.403. The van der Waals surface area contributed by atoms with E-state index >= 15 is 0 Å². The minimum absolute atomic E-state index is 0.00582. The van der Waals surface area contributed by atoms with E-state index in [1.54, 1.807) is 25.1 Å². The van der Waals surface area contributed by atoms with Crippen LogP contribution in [0.15, 0.2) is 30.3 Å². The van der Waals surface area contributed by atoms with E-state index in [-0.39, 0.29) is 50.6 Å². The minimum atomic E-state index is -1.34. The highest BCUT2D eigenvalue weighted by Crippen LogP contribution is 2.56. The van der Waals surface area contributed by atoms with Crippen LogP contribution < -0.4 is 5.32 Å². The number of nitrogens with one attached hydrogen (secondary N) is 1. The Kier molecular flexibility index (Phi) is 7.79. The molecule has 4 aliphatic heterocycles. The summed E-state index contributed by atoms with van der Waals surface area (Å²) in [7, 11) is 3.35. The van der Waals surface area contributed by atoms with Gasteiger partial charge in [-0.2, -0.15) is 5.06 Å². The van der Waals surface area contributed by atoms with Gasteiger partial charge in [0.05, 0.1) is 13.2 Å². The molecule has 5 aliphatic rings. The normalized spacial score (nSPS) is 33.5. The summed E-state index contributed by atoms with van der Waals surface area (Å²) in [6, 6.07) is 5.69. The molecule has 6 rings (SSSR count). The van der Waals surface area contributed by atoms with Crippen molar-refractivity contribution in [3.05, 3.63) is 41.5 Å². The third-order valence-corrected chi connectivity index (χ3v) is 8.85. The van der Waals surface area contributed by atoms with E-state index in [1.807, 2.05) is 24.3 Å². The molecule has 0 aromatic heterocycles. The molecule has 1 saturated carbocycles. The first-order chi connectivity index (χ1) is 20.2. The summed E-state index contributed by atoms with van der Waals surface area (Å²) in [6.07, 6.45) is 1.79. The molecule has 42 heavy (non-hydrogen) atoms. The minimum Gasteiger partial charge on any atom is -0.458 e. The highest BCUT2D eigenvalue weighted by molar-refractivity contribution is 5.96. The highest BCUT2D eigenvalue weighted by atomic mass is 16.8. The molecule has 13 heteroatoms. The van der Waals surface area contributed by atoms with Gasteiger partial charge in [0.15, 0.2) is 6.04 Å². The van der Waals surface area contributed by atoms with E-state index in [0.29, 0.717) is 19.4 Å². The summed E-state index contributed by atoms with van der Waals surface area (Å²) in [5.74, 6) is -1.40. The smallest absolute Gasteiger partial charge is 0.327 e. The van der Waals surface area contributed by atoms with E-state index in [2.05, 4.69) is 5.32 Å². The van der Waals surface area contributed by atoms with Crippen LogP contribution in [-0.2, 0) is 44.8 Å². The number of hydrogen-bond acceptors (Lipinski definition) is 10. The van der Waals surface area contributed by atoms with Gasteiger partial charge in [-0.1, -0.05) is 24.3 Å². The van der Waals surface area contributed by atoms with Crippen molar-refractivity contribution in [3.8, 4) is 0 Å². The number of ether oxygens (including phenoxy) is 3. The van der Waals surface area contributed by atoms with E-state index in [4.69, 9.17) is 19.0 Å². The van der Waals surface area contributed by atoms with Crippen LogP contribution in [0.3, 0.4) is 0 Å². The first-order valence-corrected chi connectivity index (χ1v) is 14.3. The molecule has 1 aromatic carbocycles. The van der Waals surface area contributed by atoms with Gasteiger partial charge in [-0.15, -0.1) is 0 Å². The number of amides is 3. The predicted octanol–water partition coefficient (Wildman–Crippen LogP) is -0.571. The monoisotopic (exact) mass is 584 g/mol. The predicted molar refractivity (Wildman–Crippen MR) is 145 cm³/mol. The van der Waals surface area contributed by atoms with Crippen molar-refractivity contribution in [2.45, 2.75) is 62.3 Å². The maximum absolute atomic E-state index is 14.6. The van der Waals surface area contributed by atoms with Crippen molar-refractivity contribution in [1.82, 2.24) is 20.2 Å². The quantitative estimate of drug-likeness (QED) is 0.301. The van der Waals surface area contributed by atoms with Gasteiger partial charge >= 0.3 is 5.97 Å². The number of carbonyl (C=O) groups excluding carboxylic acids is 4. The van der Waals surface area contributed by atoms with Gasteiger partial charge in [0.1, 0.15) is 42.7 Å². The average Bonchev–Trinajstić information content (AvgIpc) is 3.72. The number of likely N-dealkylation sites (tertiary alicyclic amines) is 1. The fourth-order valence-corrected chi connectivity index (χ4v) is 6.95. The highest BCUT2D eigenvalue weighted by Gasteiger charge is 2.75. The molecular weight excluding hydrogens is 548 g/mol. The second-order valence-electron chi connectivity index (χ2n) is 11.6. The molecule has 3 amide bonds. The lowest BCUT2D eigenvalue weighted by Gasteiger charge is -2.50. The summed E-state index contributed by atoms with van der Waals surface area (Å²) < 4.78 is 17.6. The lowest BCUT2D eigenvalue weighted by molar-refractivity contribution is -0.204. The summed E-state index contributed by atoms with van der Waals surface area (Å²) >= 11 is 0. The maximum Gasteiger partial charge on any atom is 0.327 e. The van der Waals surface area contributed by atoms with Gasteiger partial charge < -0.3 is 34.4 Å². The molecule has 13 nitrogen and oxygen atoms in total. The third kappa shape index (κ3) is 4.78. The van der Waals surface area contributed by atoms with Crippen LogP contribution >= 0.6 is 0 Å². The molecular formula is C29H36N4O9. The fraction of sp³-hybridized carbons (Fsp3) is 0.586. The van der Waals surface area contributed by atoms with Gasteiger partial charge in [0.25, 0.3) is 0 Å². The van der Waals surface area contributed by atoms with Crippen molar-refractivity contribution in [3.63, 3.8) is 0 Å². The number of hydrogen-bond donors (Lipinski definition) is 2. The Bertz CT molecular complexity index is 1290. The zero-order valence-corrected chi connectivity index (χ0v) is 23.6. The molecule has 226 valence electrons. The standard InChI is InChI=1S/C29H36N4O9/c1-31(2)21(35)9-8-17-5-3-6-18(13-17)15-33-24-27(37)41-20-14-29(24,25(42-33)23-22(20)39-16-40-23)28(38)32-11-4-7-19(32)26(36)30-10-12-34/h3,5-6,8-9,13,19-20,22-25,34H,4,7,10-12,14-16H2,1-2H3,(H,30,36)/t19-,20-,22+,23+,24+,25-,29+/m1/s1. The second-order valence-corrected chi connectivity index (χ2v) is 11.6. The van der Waals surface area contributed by atoms with Crippen LogP contribution in [0.1, 0.15) is 30.4 Å². The number of rotatable bonds is 8. The van der Waals surface area contributed by atoms with Crippen LogP contribution in [0.5, 0.6) is 0 Å². The van der Waals surface area contributed by atoms with Crippen molar-refractivity contribution in [2.75, 3.05) is 40.6 Å². The Morgan fingerprint density at radius 3 is 2.81 bits per heavy atom. The second kappa shape index (κ2) is 11.4. The molecule has 0 spiro atoms. The van der Waals surface area contributed by atoms with Crippen molar-refractivity contribution >= 4 is 29.8 Å². The zero-order chi connectivity index (χ0) is 29.6. The largest absolute Gasteiger partial charge is 0.458 e. The van der Waals surface area contributed by atoms with E-state index < -0.39 is 47.9 Å². The van der Waals surface area contributed by atoms with Gasteiger partial charge in [-0.3, -0.25) is 24.0 Å². The van der Waals surface area contributed by atoms with Crippen LogP contribution in [0.4, 0.5) is 0 Å². The molecule has 4 saturated heterocycles. The molecule has 0 radical (unpaired) electrons. The number of nitrogens with zero attached hydrogens (tertiary/aromatic N) is 3. The Balaban J connectivity index is 1.32. The van der Waals surface area contributed by atoms with E-state index in [1.165, 1.54) is 16.0 Å². The molecule has 2 N–H and O–H groups in total. The number of esters is 1. The Morgan fingerprint density at radius 2 is 2.02 bits per heavy atom. The van der Waals surface area contributed by atoms with Gasteiger partial charge in [-0.25, -0.2) is 0 Å². The van der Waals surface area contributed by atoms with Crippen LogP contribution in [0.2, 0.25) is 0 Å². The van der Waals surface area contributed by atoms with Crippen LogP contribution in [0, 0.1) is 5.41 Å². The Hall–Kier alpha value is -3.36. The summed E-state index contributed by atoms with van der Waals surface area (Å²) in [5, 5.41) is 13.4. The topological polar surface area (TPSA) is 147 Å². The molecule has 2 bridgehead atoms. The first kappa shape index (κ1) is 28.7. The number of hydroxylamine groups is 2. The number of aliphatic hydroxyl groups is 1. The zero-order valence-electron chi connectivity index (χ0n) is 23.6. The Labute approximate surface area is 243 Å². The number of aliphatic hydroxyl groups excluding tert-OH is 1.